The van der Waals surface area contributed by atoms with E-state index in [0.29, 0.717) is 18.1 Å². The molecule has 0 aliphatic carbocycles. The van der Waals surface area contributed by atoms with Crippen molar-refractivity contribution in [2.75, 3.05) is 24.6 Å². The minimum absolute atomic E-state index is 0.0839. The van der Waals surface area contributed by atoms with E-state index in [1.807, 2.05) is 19.1 Å². The molecule has 0 saturated heterocycles. The number of hydrogen-bond donors (Lipinski definition) is 2. The van der Waals surface area contributed by atoms with Crippen molar-refractivity contribution >= 4 is 31.7 Å². The lowest BCUT2D eigenvalue weighted by atomic mass is 9.97. The number of aliphatic carboxylic acids is 1. The molecule has 0 fully saturated rings. The molecule has 0 radical (unpaired) electrons. The van der Waals surface area contributed by atoms with Crippen LogP contribution in [0.2, 0.25) is 0 Å². The molecule has 0 aliphatic rings. The topological polar surface area (TPSA) is 151 Å². The summed E-state index contributed by atoms with van der Waals surface area (Å²) in [6.45, 7) is 2.93. The number of aryl methyl sites for hydroxylation is 1. The number of carboxylic acid groups (broad SMARTS) is 1. The van der Waals surface area contributed by atoms with E-state index in [4.69, 9.17) is 5.11 Å². The number of amides is 1. The maximum absolute atomic E-state index is 13.9. The predicted octanol–water partition coefficient (Wildman–Crippen LogP) is 4.87. The van der Waals surface area contributed by atoms with E-state index in [0.717, 1.165) is 33.1 Å². The number of sulfone groups is 1. The van der Waals surface area contributed by atoms with Gasteiger partial charge in [0.15, 0.2) is 9.84 Å². The van der Waals surface area contributed by atoms with Crippen molar-refractivity contribution in [2.24, 2.45) is 0 Å². The van der Waals surface area contributed by atoms with Gasteiger partial charge in [0, 0.05) is 37.9 Å². The summed E-state index contributed by atoms with van der Waals surface area (Å²) in [4.78, 5) is 26.3. The maximum atomic E-state index is 13.9. The summed E-state index contributed by atoms with van der Waals surface area (Å²) in [5.74, 6) is -2.93. The molecule has 1 aromatic heterocycles. The van der Waals surface area contributed by atoms with Crippen LogP contribution in [0.4, 0.5) is 13.2 Å². The van der Waals surface area contributed by atoms with Crippen molar-refractivity contribution in [3.8, 4) is 11.1 Å². The van der Waals surface area contributed by atoms with Crippen LogP contribution in [-0.4, -0.2) is 67.7 Å². The van der Waals surface area contributed by atoms with Gasteiger partial charge in [-0.25, -0.2) is 16.8 Å². The number of carbonyl (C=O) groups is 2. The first-order valence-electron chi connectivity index (χ1n) is 14.5. The van der Waals surface area contributed by atoms with Crippen LogP contribution in [0.1, 0.15) is 55.8 Å². The highest BCUT2D eigenvalue weighted by Crippen LogP contribution is 2.38. The number of carbonyl (C=O) groups excluding carboxylic acids is 1. The molecule has 46 heavy (non-hydrogen) atoms. The Hall–Kier alpha value is -3.82. The van der Waals surface area contributed by atoms with E-state index in [1.165, 1.54) is 6.07 Å². The zero-order chi connectivity index (χ0) is 34.1. The molecule has 250 valence electrons. The Labute approximate surface area is 266 Å². The molecule has 15 heteroatoms. The molecule has 0 bridgehead atoms. The number of hydrogen-bond acceptors (Lipinski definition) is 7. The number of alkyl halides is 3. The molecule has 10 nitrogen and oxygen atoms in total. The minimum Gasteiger partial charge on any atom is -0.481 e. The van der Waals surface area contributed by atoms with Gasteiger partial charge in [0.05, 0.1) is 28.4 Å². The van der Waals surface area contributed by atoms with Crippen LogP contribution in [-0.2, 0) is 42.0 Å². The highest BCUT2D eigenvalue weighted by atomic mass is 32.2. The molecule has 1 heterocycles. The summed E-state index contributed by atoms with van der Waals surface area (Å²) >= 11 is 0. The molecular weight excluding hydrogens is 647 g/mol. The largest absolute Gasteiger partial charge is 0.481 e. The molecule has 2 aromatic carbocycles. The van der Waals surface area contributed by atoms with Crippen molar-refractivity contribution in [1.82, 2.24) is 14.6 Å². The van der Waals surface area contributed by atoms with Crippen LogP contribution in [0.15, 0.2) is 71.9 Å². The Balaban J connectivity index is 1.87. The fourth-order valence-corrected chi connectivity index (χ4v) is 7.85. The lowest BCUT2D eigenvalue weighted by molar-refractivity contribution is -0.140. The van der Waals surface area contributed by atoms with Gasteiger partial charge in [0.25, 0.3) is 0 Å². The average Bonchev–Trinajstić information content (AvgIpc) is 3.01. The standard InChI is InChI=1S/C31H36F3N3O7S2/c1-3-23-21-35-15-13-26(23)25-9-6-8-24(20-25)22(2)37(46(43,44)28-11-5-4-10-27(28)31(32,33)34)17-7-12-29(38)36-16-19-45(41,42)18-14-30(39)40/h4-6,8-11,13,15,20-22H,3,7,12,14,16-19H2,1-2H3,(H,36,38)(H,39,40)/t22-/m0/s1. The van der Waals surface area contributed by atoms with Crippen LogP contribution >= 0.6 is 0 Å². The third-order valence-corrected chi connectivity index (χ3v) is 11.0. The van der Waals surface area contributed by atoms with Gasteiger partial charge < -0.3 is 10.4 Å². The van der Waals surface area contributed by atoms with E-state index in [1.54, 1.807) is 37.5 Å². The molecule has 2 N–H and O–H groups in total. The number of rotatable bonds is 16. The second kappa shape index (κ2) is 15.6. The Kier molecular flexibility index (Phi) is 12.5. The molecule has 0 spiro atoms. The number of nitrogens with zero attached hydrogens (tertiary/aromatic N) is 2. The van der Waals surface area contributed by atoms with E-state index >= 15 is 0 Å². The first-order valence-corrected chi connectivity index (χ1v) is 17.7. The zero-order valence-corrected chi connectivity index (χ0v) is 27.0. The molecule has 0 aliphatic heterocycles. The van der Waals surface area contributed by atoms with E-state index in [9.17, 15) is 39.6 Å². The van der Waals surface area contributed by atoms with Crippen molar-refractivity contribution in [3.05, 3.63) is 83.7 Å². The SMILES string of the molecule is CCc1cnccc1-c1cccc([C@H](C)N(CCCC(=O)NCCS(=O)(=O)CCC(=O)O)S(=O)(=O)c2ccccc2C(F)(F)F)c1. The van der Waals surface area contributed by atoms with E-state index in [2.05, 4.69) is 10.3 Å². The number of halogens is 3. The summed E-state index contributed by atoms with van der Waals surface area (Å²) < 4.78 is 94.5. The minimum atomic E-state index is -4.94. The van der Waals surface area contributed by atoms with Crippen LogP contribution in [0.5, 0.6) is 0 Å². The smallest absolute Gasteiger partial charge is 0.417 e. The Morgan fingerprint density at radius 1 is 1.00 bits per heavy atom. The van der Waals surface area contributed by atoms with Crippen LogP contribution in [0, 0.1) is 0 Å². The summed E-state index contributed by atoms with van der Waals surface area (Å²) in [5.41, 5.74) is 1.81. The number of sulfonamides is 1. The van der Waals surface area contributed by atoms with Gasteiger partial charge in [-0.05, 0) is 66.3 Å². The lowest BCUT2D eigenvalue weighted by Crippen LogP contribution is -2.36. The first-order chi connectivity index (χ1) is 21.6. The zero-order valence-electron chi connectivity index (χ0n) is 25.3. The second-order valence-corrected chi connectivity index (χ2v) is 14.7. The number of pyridine rings is 1. The average molecular weight is 684 g/mol. The van der Waals surface area contributed by atoms with Crippen LogP contribution in [0.25, 0.3) is 11.1 Å². The summed E-state index contributed by atoms with van der Waals surface area (Å²) in [6, 6.07) is 11.8. The third-order valence-electron chi connectivity index (χ3n) is 7.32. The number of carboxylic acids is 1. The quantitative estimate of drug-likeness (QED) is 0.217. The van der Waals surface area contributed by atoms with Gasteiger partial charge in [-0.1, -0.05) is 37.3 Å². The van der Waals surface area contributed by atoms with Gasteiger partial charge in [-0.15, -0.1) is 0 Å². The monoisotopic (exact) mass is 683 g/mol. The van der Waals surface area contributed by atoms with Crippen LogP contribution in [0.3, 0.4) is 0 Å². The van der Waals surface area contributed by atoms with Crippen LogP contribution < -0.4 is 5.32 Å². The third kappa shape index (κ3) is 9.84. The van der Waals surface area contributed by atoms with Gasteiger partial charge in [0.2, 0.25) is 15.9 Å². The highest BCUT2D eigenvalue weighted by molar-refractivity contribution is 7.91. The molecule has 3 aromatic rings. The van der Waals surface area contributed by atoms with Crippen molar-refractivity contribution in [1.29, 1.82) is 0 Å². The Bertz CT molecular complexity index is 1750. The first kappa shape index (κ1) is 36.6. The van der Waals surface area contributed by atoms with E-state index in [-0.39, 0.29) is 25.9 Å². The van der Waals surface area contributed by atoms with Crippen molar-refractivity contribution in [2.45, 2.75) is 56.6 Å². The molecule has 0 saturated carbocycles. The van der Waals surface area contributed by atoms with Crippen molar-refractivity contribution in [3.63, 3.8) is 0 Å². The fraction of sp³-hybridized carbons (Fsp3) is 0.387. The van der Waals surface area contributed by atoms with Gasteiger partial charge >= 0.3 is 12.1 Å². The van der Waals surface area contributed by atoms with Gasteiger partial charge in [-0.3, -0.25) is 14.6 Å². The van der Waals surface area contributed by atoms with Gasteiger partial charge in [0.1, 0.15) is 0 Å². The Morgan fingerprint density at radius 3 is 2.39 bits per heavy atom. The number of aromatic nitrogens is 1. The molecule has 3 rings (SSSR count). The predicted molar refractivity (Wildman–Crippen MR) is 166 cm³/mol. The maximum Gasteiger partial charge on any atom is 0.417 e. The van der Waals surface area contributed by atoms with E-state index < -0.39 is 72.3 Å². The summed E-state index contributed by atoms with van der Waals surface area (Å²) in [7, 11) is -8.48. The van der Waals surface area contributed by atoms with Gasteiger partial charge in [-0.2, -0.15) is 17.5 Å². The summed E-state index contributed by atoms with van der Waals surface area (Å²) in [5, 5.41) is 11.1. The fourth-order valence-electron chi connectivity index (χ4n) is 4.87. The molecule has 1 atom stereocenters. The second-order valence-electron chi connectivity index (χ2n) is 10.5. The number of nitrogens with one attached hydrogen (secondary N) is 1. The molecule has 1 amide bonds. The summed E-state index contributed by atoms with van der Waals surface area (Å²) in [6.07, 6.45) is -1.79. The lowest BCUT2D eigenvalue weighted by Gasteiger charge is -2.30. The Morgan fingerprint density at radius 2 is 1.72 bits per heavy atom. The van der Waals surface area contributed by atoms with Crippen molar-refractivity contribution < 1.29 is 44.7 Å². The molecular formula is C31H36F3N3O7S2. The molecule has 0 unspecified atom stereocenters. The highest BCUT2D eigenvalue weighted by Gasteiger charge is 2.40. The number of benzene rings is 2. The normalized spacial score (nSPS) is 13.0.